The van der Waals surface area contributed by atoms with Crippen molar-refractivity contribution in [1.29, 1.82) is 0 Å². The van der Waals surface area contributed by atoms with Crippen LogP contribution in [0.25, 0.3) is 5.76 Å². The van der Waals surface area contributed by atoms with Gasteiger partial charge < -0.3 is 14.6 Å². The lowest BCUT2D eigenvalue weighted by Crippen LogP contribution is -2.29. The molecular weight excluding hydrogens is 406 g/mol. The number of anilines is 1. The highest BCUT2D eigenvalue weighted by Gasteiger charge is 2.47. The molecule has 1 heterocycles. The molecule has 1 N–H and O–H groups in total. The van der Waals surface area contributed by atoms with E-state index in [-0.39, 0.29) is 11.3 Å². The summed E-state index contributed by atoms with van der Waals surface area (Å²) in [7, 11) is 3.10. The van der Waals surface area contributed by atoms with Gasteiger partial charge in [-0.05, 0) is 61.0 Å². The number of aliphatic hydroxyl groups is 1. The molecule has 162 valence electrons. The van der Waals surface area contributed by atoms with E-state index < -0.39 is 17.7 Å². The van der Waals surface area contributed by atoms with Crippen molar-refractivity contribution in [2.24, 2.45) is 0 Å². The van der Waals surface area contributed by atoms with Crippen LogP contribution in [0.1, 0.15) is 22.7 Å². The summed E-state index contributed by atoms with van der Waals surface area (Å²) in [5.74, 6) is -0.482. The maximum absolute atomic E-state index is 13.2. The summed E-state index contributed by atoms with van der Waals surface area (Å²) >= 11 is 0. The van der Waals surface area contributed by atoms with Gasteiger partial charge in [0.2, 0.25) is 0 Å². The molecule has 0 aliphatic carbocycles. The fourth-order valence-electron chi connectivity index (χ4n) is 3.84. The monoisotopic (exact) mass is 429 g/mol. The summed E-state index contributed by atoms with van der Waals surface area (Å²) in [6.07, 6.45) is 0. The van der Waals surface area contributed by atoms with Crippen LogP contribution < -0.4 is 14.4 Å². The van der Waals surface area contributed by atoms with E-state index in [2.05, 4.69) is 0 Å². The average molecular weight is 429 g/mol. The van der Waals surface area contributed by atoms with Gasteiger partial charge in [0, 0.05) is 11.3 Å². The Labute approximate surface area is 186 Å². The lowest BCUT2D eigenvalue weighted by atomic mass is 9.95. The number of hydrogen-bond donors (Lipinski definition) is 1. The first kappa shape index (κ1) is 21.2. The molecular formula is C26H23NO5. The Kier molecular flexibility index (Phi) is 5.69. The van der Waals surface area contributed by atoms with E-state index in [1.165, 1.54) is 4.90 Å². The fourth-order valence-corrected chi connectivity index (χ4v) is 3.84. The molecule has 1 amide bonds. The van der Waals surface area contributed by atoms with Crippen molar-refractivity contribution in [3.8, 4) is 11.5 Å². The van der Waals surface area contributed by atoms with E-state index in [4.69, 9.17) is 9.47 Å². The Balaban J connectivity index is 1.92. The average Bonchev–Trinajstić information content (AvgIpc) is 3.09. The van der Waals surface area contributed by atoms with Crippen LogP contribution in [-0.2, 0) is 9.59 Å². The predicted molar refractivity (Wildman–Crippen MR) is 122 cm³/mol. The predicted octanol–water partition coefficient (Wildman–Crippen LogP) is 4.64. The number of hydrogen-bond acceptors (Lipinski definition) is 5. The number of carbonyl (C=O) groups is 2. The standard InChI is InChI=1S/C26H23NO5/c1-16-7-11-19(12-8-16)27-23(18-5-4-6-21(15-18)32-3)22(25(29)26(27)30)24(28)17-9-13-20(31-2)14-10-17/h4-15,23,28H,1-3H3/b24-22-. The molecule has 0 spiro atoms. The van der Waals surface area contributed by atoms with E-state index in [0.717, 1.165) is 5.56 Å². The van der Waals surface area contributed by atoms with Crippen LogP contribution in [0.15, 0.2) is 78.4 Å². The quantitative estimate of drug-likeness (QED) is 0.363. The molecule has 3 aromatic rings. The van der Waals surface area contributed by atoms with Crippen LogP contribution in [0.5, 0.6) is 11.5 Å². The molecule has 1 aliphatic heterocycles. The lowest BCUT2D eigenvalue weighted by Gasteiger charge is -2.26. The molecule has 32 heavy (non-hydrogen) atoms. The molecule has 1 saturated heterocycles. The third kappa shape index (κ3) is 3.71. The third-order valence-electron chi connectivity index (χ3n) is 5.53. The highest BCUT2D eigenvalue weighted by molar-refractivity contribution is 6.51. The molecule has 6 heteroatoms. The summed E-state index contributed by atoms with van der Waals surface area (Å²) < 4.78 is 10.5. The van der Waals surface area contributed by atoms with Crippen molar-refractivity contribution in [1.82, 2.24) is 0 Å². The Morgan fingerprint density at radius 3 is 2.16 bits per heavy atom. The van der Waals surface area contributed by atoms with Gasteiger partial charge in [0.1, 0.15) is 17.3 Å². The van der Waals surface area contributed by atoms with E-state index in [1.54, 1.807) is 68.8 Å². The lowest BCUT2D eigenvalue weighted by molar-refractivity contribution is -0.132. The summed E-state index contributed by atoms with van der Waals surface area (Å²) in [5, 5.41) is 11.1. The number of nitrogens with zero attached hydrogens (tertiary/aromatic N) is 1. The Bertz CT molecular complexity index is 1200. The number of ether oxygens (including phenoxy) is 2. The van der Waals surface area contributed by atoms with Crippen molar-refractivity contribution < 1.29 is 24.2 Å². The van der Waals surface area contributed by atoms with Crippen LogP contribution in [0, 0.1) is 6.92 Å². The second kappa shape index (κ2) is 8.59. The number of carbonyl (C=O) groups excluding carboxylic acids is 2. The van der Waals surface area contributed by atoms with Gasteiger partial charge in [0.15, 0.2) is 0 Å². The highest BCUT2D eigenvalue weighted by atomic mass is 16.5. The number of ketones is 1. The smallest absolute Gasteiger partial charge is 0.300 e. The van der Waals surface area contributed by atoms with E-state index in [9.17, 15) is 14.7 Å². The van der Waals surface area contributed by atoms with Crippen molar-refractivity contribution >= 4 is 23.1 Å². The van der Waals surface area contributed by atoms with Crippen molar-refractivity contribution in [2.45, 2.75) is 13.0 Å². The number of amides is 1. The largest absolute Gasteiger partial charge is 0.507 e. The first-order chi connectivity index (χ1) is 15.4. The number of benzene rings is 3. The van der Waals surface area contributed by atoms with Crippen molar-refractivity contribution in [2.75, 3.05) is 19.1 Å². The molecule has 3 aromatic carbocycles. The van der Waals surface area contributed by atoms with E-state index in [1.807, 2.05) is 25.1 Å². The van der Waals surface area contributed by atoms with Crippen LogP contribution in [0.3, 0.4) is 0 Å². The zero-order valence-corrected chi connectivity index (χ0v) is 18.0. The van der Waals surface area contributed by atoms with E-state index >= 15 is 0 Å². The molecule has 0 bridgehead atoms. The summed E-state index contributed by atoms with van der Waals surface area (Å²) in [4.78, 5) is 27.7. The third-order valence-corrected chi connectivity index (χ3v) is 5.53. The fraction of sp³-hybridized carbons (Fsp3) is 0.154. The van der Waals surface area contributed by atoms with Crippen LogP contribution >= 0.6 is 0 Å². The van der Waals surface area contributed by atoms with Gasteiger partial charge in [-0.3, -0.25) is 14.5 Å². The first-order valence-corrected chi connectivity index (χ1v) is 10.1. The van der Waals surface area contributed by atoms with E-state index in [0.29, 0.717) is 28.3 Å². The van der Waals surface area contributed by atoms with Crippen LogP contribution in [-0.4, -0.2) is 31.0 Å². The van der Waals surface area contributed by atoms with Gasteiger partial charge >= 0.3 is 0 Å². The van der Waals surface area contributed by atoms with Crippen molar-refractivity contribution in [3.05, 3.63) is 95.1 Å². The number of aliphatic hydroxyl groups excluding tert-OH is 1. The molecule has 6 nitrogen and oxygen atoms in total. The zero-order valence-electron chi connectivity index (χ0n) is 18.0. The molecule has 1 aliphatic rings. The number of aryl methyl sites for hydroxylation is 1. The minimum atomic E-state index is -0.810. The summed E-state index contributed by atoms with van der Waals surface area (Å²) in [6, 6.07) is 20.3. The van der Waals surface area contributed by atoms with Crippen LogP contribution in [0.4, 0.5) is 5.69 Å². The normalized spacial score (nSPS) is 17.5. The number of Topliss-reactive ketones (excluding diaryl/α,β-unsaturated/α-hetero) is 1. The molecule has 4 rings (SSSR count). The highest BCUT2D eigenvalue weighted by Crippen LogP contribution is 2.42. The van der Waals surface area contributed by atoms with Gasteiger partial charge in [0.05, 0.1) is 25.8 Å². The van der Waals surface area contributed by atoms with Gasteiger partial charge in [-0.15, -0.1) is 0 Å². The van der Waals surface area contributed by atoms with Gasteiger partial charge in [-0.2, -0.15) is 0 Å². The maximum Gasteiger partial charge on any atom is 0.300 e. The Hall–Kier alpha value is -4.06. The number of methoxy groups -OCH3 is 2. The van der Waals surface area contributed by atoms with Gasteiger partial charge in [-0.1, -0.05) is 29.8 Å². The molecule has 1 fully saturated rings. The SMILES string of the molecule is COc1ccc(/C(O)=C2/C(=O)C(=O)N(c3ccc(C)cc3)C2c2cccc(OC)c2)cc1. The molecule has 0 saturated carbocycles. The molecule has 0 aromatic heterocycles. The number of rotatable bonds is 5. The summed E-state index contributed by atoms with van der Waals surface area (Å²) in [6.45, 7) is 1.95. The van der Waals surface area contributed by atoms with Gasteiger partial charge in [-0.25, -0.2) is 0 Å². The van der Waals surface area contributed by atoms with Gasteiger partial charge in [0.25, 0.3) is 11.7 Å². The van der Waals surface area contributed by atoms with Crippen LogP contribution in [0.2, 0.25) is 0 Å². The molecule has 0 radical (unpaired) electrons. The Morgan fingerprint density at radius 1 is 0.875 bits per heavy atom. The summed E-state index contributed by atoms with van der Waals surface area (Å²) in [5.41, 5.74) is 2.69. The molecule has 1 unspecified atom stereocenters. The Morgan fingerprint density at radius 2 is 1.53 bits per heavy atom. The van der Waals surface area contributed by atoms with Crippen molar-refractivity contribution in [3.63, 3.8) is 0 Å². The second-order valence-corrected chi connectivity index (χ2v) is 7.51. The first-order valence-electron chi connectivity index (χ1n) is 10.1. The minimum absolute atomic E-state index is 0.0222. The molecule has 1 atom stereocenters. The minimum Gasteiger partial charge on any atom is -0.507 e. The second-order valence-electron chi connectivity index (χ2n) is 7.51. The zero-order chi connectivity index (χ0) is 22.8. The maximum atomic E-state index is 13.2. The topological polar surface area (TPSA) is 76.1 Å².